The predicted molar refractivity (Wildman–Crippen MR) is 49.6 cm³/mol. The average molecular weight is 155 g/mol. The Labute approximate surface area is 70.6 Å². The summed E-state index contributed by atoms with van der Waals surface area (Å²) < 4.78 is 0. The zero-order valence-electron chi connectivity index (χ0n) is 8.06. The van der Waals surface area contributed by atoms with Gasteiger partial charge in [0.15, 0.2) is 0 Å². The molecule has 1 unspecified atom stereocenters. The van der Waals surface area contributed by atoms with E-state index in [-0.39, 0.29) is 0 Å². The van der Waals surface area contributed by atoms with Crippen molar-refractivity contribution < 1.29 is 0 Å². The summed E-state index contributed by atoms with van der Waals surface area (Å²) in [5.41, 5.74) is 0. The average Bonchev–Trinajstić information content (AvgIpc) is 2.72. The topological polar surface area (TPSA) is 12.0 Å². The lowest BCUT2D eigenvalue weighted by atomic mass is 9.93. The molecule has 1 saturated carbocycles. The summed E-state index contributed by atoms with van der Waals surface area (Å²) in [4.78, 5) is 0. The van der Waals surface area contributed by atoms with Crippen LogP contribution >= 0.6 is 0 Å². The zero-order valence-corrected chi connectivity index (χ0v) is 8.06. The molecule has 0 saturated heterocycles. The lowest BCUT2D eigenvalue weighted by Gasteiger charge is -2.19. The van der Waals surface area contributed by atoms with Gasteiger partial charge >= 0.3 is 0 Å². The van der Waals surface area contributed by atoms with Crippen LogP contribution in [0.4, 0.5) is 0 Å². The van der Waals surface area contributed by atoms with Gasteiger partial charge in [0.1, 0.15) is 0 Å². The maximum atomic E-state index is 3.59. The molecule has 0 aromatic carbocycles. The summed E-state index contributed by atoms with van der Waals surface area (Å²) in [5, 5.41) is 3.59. The van der Waals surface area contributed by atoms with Gasteiger partial charge in [0.05, 0.1) is 0 Å². The minimum absolute atomic E-state index is 0.839. The van der Waals surface area contributed by atoms with E-state index in [1.165, 1.54) is 25.8 Å². The van der Waals surface area contributed by atoms with Crippen LogP contribution in [0.15, 0.2) is 0 Å². The van der Waals surface area contributed by atoms with Crippen molar-refractivity contribution in [3.8, 4) is 0 Å². The fourth-order valence-electron chi connectivity index (χ4n) is 1.46. The lowest BCUT2D eigenvalue weighted by molar-refractivity contribution is 0.351. The second-order valence-corrected chi connectivity index (χ2v) is 4.09. The summed E-state index contributed by atoms with van der Waals surface area (Å²) in [6.45, 7) is 8.17. The number of hydrogen-bond donors (Lipinski definition) is 1. The molecule has 0 spiro atoms. The quantitative estimate of drug-likeness (QED) is 0.643. The van der Waals surface area contributed by atoms with Gasteiger partial charge in [-0.05, 0) is 31.2 Å². The van der Waals surface area contributed by atoms with Crippen LogP contribution in [0.1, 0.15) is 40.0 Å². The Hall–Kier alpha value is -0.0400. The van der Waals surface area contributed by atoms with E-state index in [4.69, 9.17) is 0 Å². The first-order valence-electron chi connectivity index (χ1n) is 4.97. The first-order valence-corrected chi connectivity index (χ1v) is 4.97. The molecule has 1 nitrogen and oxygen atoms in total. The summed E-state index contributed by atoms with van der Waals surface area (Å²) in [6.07, 6.45) is 4.14. The van der Waals surface area contributed by atoms with Gasteiger partial charge in [0, 0.05) is 6.04 Å². The summed E-state index contributed by atoms with van der Waals surface area (Å²) in [6, 6.07) is 0.878. The Morgan fingerprint density at radius 1 is 1.36 bits per heavy atom. The fourth-order valence-corrected chi connectivity index (χ4v) is 1.46. The molecule has 1 atom stereocenters. The van der Waals surface area contributed by atoms with Gasteiger partial charge in [-0.15, -0.1) is 0 Å². The van der Waals surface area contributed by atoms with Crippen molar-refractivity contribution in [3.05, 3.63) is 0 Å². The largest absolute Gasteiger partial charge is 0.314 e. The Bertz CT molecular complexity index is 105. The number of rotatable bonds is 5. The Morgan fingerprint density at radius 3 is 2.36 bits per heavy atom. The maximum absolute atomic E-state index is 3.59. The molecule has 0 aliphatic heterocycles. The standard InChI is InChI=1S/C10H21N/c1-4-9(8(2)3)7-11-10-5-6-10/h8-11H,4-7H2,1-3H3. The molecule has 0 aromatic heterocycles. The summed E-state index contributed by atoms with van der Waals surface area (Å²) in [7, 11) is 0. The number of nitrogens with one attached hydrogen (secondary N) is 1. The number of hydrogen-bond acceptors (Lipinski definition) is 1. The molecule has 1 aliphatic rings. The SMILES string of the molecule is CCC(CNC1CC1)C(C)C. The van der Waals surface area contributed by atoms with Crippen molar-refractivity contribution in [2.45, 2.75) is 46.1 Å². The highest BCUT2D eigenvalue weighted by Gasteiger charge is 2.22. The second kappa shape index (κ2) is 4.10. The minimum Gasteiger partial charge on any atom is -0.314 e. The first-order chi connectivity index (χ1) is 5.24. The van der Waals surface area contributed by atoms with E-state index in [1.54, 1.807) is 0 Å². The van der Waals surface area contributed by atoms with Gasteiger partial charge in [0.25, 0.3) is 0 Å². The molecule has 1 heteroatoms. The lowest BCUT2D eigenvalue weighted by Crippen LogP contribution is -2.27. The van der Waals surface area contributed by atoms with Crippen LogP contribution in [0.5, 0.6) is 0 Å². The molecule has 11 heavy (non-hydrogen) atoms. The maximum Gasteiger partial charge on any atom is 0.00683 e. The molecule has 1 aliphatic carbocycles. The van der Waals surface area contributed by atoms with Crippen molar-refractivity contribution >= 4 is 0 Å². The highest BCUT2D eigenvalue weighted by molar-refractivity contribution is 4.82. The summed E-state index contributed by atoms with van der Waals surface area (Å²) in [5.74, 6) is 1.72. The van der Waals surface area contributed by atoms with Crippen LogP contribution in [0.25, 0.3) is 0 Å². The molecule has 1 N–H and O–H groups in total. The van der Waals surface area contributed by atoms with Gasteiger partial charge < -0.3 is 5.32 Å². The third-order valence-corrected chi connectivity index (χ3v) is 2.71. The molecule has 0 radical (unpaired) electrons. The van der Waals surface area contributed by atoms with Gasteiger partial charge in [0.2, 0.25) is 0 Å². The van der Waals surface area contributed by atoms with Crippen LogP contribution in [0.2, 0.25) is 0 Å². The fraction of sp³-hybridized carbons (Fsp3) is 1.00. The zero-order chi connectivity index (χ0) is 8.27. The molecular formula is C10H21N. The van der Waals surface area contributed by atoms with E-state index in [1.807, 2.05) is 0 Å². The van der Waals surface area contributed by atoms with Crippen LogP contribution < -0.4 is 5.32 Å². The Balaban J connectivity index is 2.08. The van der Waals surface area contributed by atoms with Crippen molar-refractivity contribution in [1.29, 1.82) is 0 Å². The van der Waals surface area contributed by atoms with E-state index in [2.05, 4.69) is 26.1 Å². The molecule has 1 rings (SSSR count). The molecule has 66 valence electrons. The highest BCUT2D eigenvalue weighted by Crippen LogP contribution is 2.20. The van der Waals surface area contributed by atoms with Crippen molar-refractivity contribution in [3.63, 3.8) is 0 Å². The van der Waals surface area contributed by atoms with Crippen LogP contribution in [-0.4, -0.2) is 12.6 Å². The van der Waals surface area contributed by atoms with Crippen LogP contribution in [0, 0.1) is 11.8 Å². The molecule has 0 amide bonds. The molecular weight excluding hydrogens is 134 g/mol. The van der Waals surface area contributed by atoms with E-state index in [9.17, 15) is 0 Å². The predicted octanol–water partition coefficient (Wildman–Crippen LogP) is 2.42. The van der Waals surface area contributed by atoms with Gasteiger partial charge in [-0.1, -0.05) is 27.2 Å². The first kappa shape index (κ1) is 9.05. The normalized spacial score (nSPS) is 20.7. The Kier molecular flexibility index (Phi) is 3.38. The van der Waals surface area contributed by atoms with Crippen molar-refractivity contribution in [2.24, 2.45) is 11.8 Å². The van der Waals surface area contributed by atoms with E-state index < -0.39 is 0 Å². The molecule has 0 bridgehead atoms. The molecule has 0 aromatic rings. The molecule has 1 fully saturated rings. The second-order valence-electron chi connectivity index (χ2n) is 4.09. The van der Waals surface area contributed by atoms with Gasteiger partial charge in [-0.3, -0.25) is 0 Å². The van der Waals surface area contributed by atoms with Gasteiger partial charge in [-0.25, -0.2) is 0 Å². The monoisotopic (exact) mass is 155 g/mol. The van der Waals surface area contributed by atoms with Crippen molar-refractivity contribution in [1.82, 2.24) is 5.32 Å². The third kappa shape index (κ3) is 3.24. The van der Waals surface area contributed by atoms with E-state index in [0.717, 1.165) is 17.9 Å². The molecule has 0 heterocycles. The van der Waals surface area contributed by atoms with Gasteiger partial charge in [-0.2, -0.15) is 0 Å². The van der Waals surface area contributed by atoms with Crippen molar-refractivity contribution in [2.75, 3.05) is 6.54 Å². The smallest absolute Gasteiger partial charge is 0.00683 e. The third-order valence-electron chi connectivity index (χ3n) is 2.71. The van der Waals surface area contributed by atoms with E-state index in [0.29, 0.717) is 0 Å². The van der Waals surface area contributed by atoms with Crippen LogP contribution in [0.3, 0.4) is 0 Å². The van der Waals surface area contributed by atoms with Crippen LogP contribution in [-0.2, 0) is 0 Å². The summed E-state index contributed by atoms with van der Waals surface area (Å²) >= 11 is 0. The Morgan fingerprint density at radius 2 is 2.00 bits per heavy atom. The highest BCUT2D eigenvalue weighted by atomic mass is 14.9. The van der Waals surface area contributed by atoms with E-state index >= 15 is 0 Å². The minimum atomic E-state index is 0.839.